The van der Waals surface area contributed by atoms with Crippen LogP contribution >= 0.6 is 0 Å². The Hall–Kier alpha value is -1.89. The van der Waals surface area contributed by atoms with Crippen molar-refractivity contribution in [3.8, 4) is 0 Å². The van der Waals surface area contributed by atoms with Crippen molar-refractivity contribution in [2.75, 3.05) is 23.0 Å². The number of pyridine rings is 1. The van der Waals surface area contributed by atoms with Gasteiger partial charge in [-0.25, -0.2) is 18.2 Å². The minimum atomic E-state index is -2.99. The Morgan fingerprint density at radius 3 is 2.95 bits per heavy atom. The topological polar surface area (TPSA) is 87.6 Å². The first-order valence-electron chi connectivity index (χ1n) is 6.22. The predicted octanol–water partition coefficient (Wildman–Crippen LogP) is 0.803. The summed E-state index contributed by atoms with van der Waals surface area (Å²) in [6.45, 7) is 2.20. The molecule has 0 radical (unpaired) electrons. The van der Waals surface area contributed by atoms with Gasteiger partial charge in [-0.15, -0.1) is 0 Å². The van der Waals surface area contributed by atoms with Gasteiger partial charge in [0.05, 0.1) is 11.5 Å². The van der Waals surface area contributed by atoms with Crippen molar-refractivity contribution < 1.29 is 18.3 Å². The van der Waals surface area contributed by atoms with Gasteiger partial charge in [-0.2, -0.15) is 0 Å². The summed E-state index contributed by atoms with van der Waals surface area (Å²) >= 11 is 0. The first-order chi connectivity index (χ1) is 9.39. The lowest BCUT2D eigenvalue weighted by Gasteiger charge is -2.34. The van der Waals surface area contributed by atoms with Crippen LogP contribution in [0.4, 0.5) is 5.82 Å². The molecule has 1 atom stereocenters. The van der Waals surface area contributed by atoms with E-state index < -0.39 is 15.8 Å². The van der Waals surface area contributed by atoms with E-state index in [0.29, 0.717) is 17.9 Å². The van der Waals surface area contributed by atoms with Crippen molar-refractivity contribution >= 4 is 27.7 Å². The van der Waals surface area contributed by atoms with Crippen LogP contribution in [-0.4, -0.2) is 48.6 Å². The highest BCUT2D eigenvalue weighted by Gasteiger charge is 2.29. The first kappa shape index (κ1) is 14.5. The Labute approximate surface area is 117 Å². The molecule has 1 saturated heterocycles. The molecule has 2 heterocycles. The second kappa shape index (κ2) is 5.62. The van der Waals surface area contributed by atoms with Gasteiger partial charge in [-0.05, 0) is 25.1 Å². The van der Waals surface area contributed by atoms with Crippen LogP contribution in [0.5, 0.6) is 0 Å². The van der Waals surface area contributed by atoms with Gasteiger partial charge in [0, 0.05) is 30.4 Å². The predicted molar refractivity (Wildman–Crippen MR) is 76.4 cm³/mol. The molecule has 0 aromatic carbocycles. The summed E-state index contributed by atoms with van der Waals surface area (Å²) in [7, 11) is -2.99. The number of sulfone groups is 1. The van der Waals surface area contributed by atoms with Gasteiger partial charge in [0.25, 0.3) is 0 Å². The number of hydrogen-bond acceptors (Lipinski definition) is 5. The van der Waals surface area contributed by atoms with Crippen molar-refractivity contribution in [1.82, 2.24) is 4.98 Å². The Bertz CT molecular complexity index is 640. The third kappa shape index (κ3) is 3.36. The zero-order valence-corrected chi connectivity index (χ0v) is 11.9. The maximum absolute atomic E-state index is 11.6. The molecule has 108 valence electrons. The van der Waals surface area contributed by atoms with Gasteiger partial charge in [-0.3, -0.25) is 0 Å². The molecule has 1 fully saturated rings. The zero-order chi connectivity index (χ0) is 14.8. The Morgan fingerprint density at radius 1 is 1.55 bits per heavy atom. The van der Waals surface area contributed by atoms with E-state index in [4.69, 9.17) is 5.11 Å². The molecule has 1 aromatic rings. The highest BCUT2D eigenvalue weighted by molar-refractivity contribution is 7.91. The van der Waals surface area contributed by atoms with Crippen LogP contribution in [0.15, 0.2) is 24.4 Å². The van der Waals surface area contributed by atoms with Crippen LogP contribution in [0.2, 0.25) is 0 Å². The van der Waals surface area contributed by atoms with E-state index in [9.17, 15) is 13.2 Å². The van der Waals surface area contributed by atoms with Crippen LogP contribution < -0.4 is 4.90 Å². The van der Waals surface area contributed by atoms with Crippen molar-refractivity contribution in [3.63, 3.8) is 0 Å². The lowest BCUT2D eigenvalue weighted by atomic mass is 10.2. The molecule has 7 heteroatoms. The van der Waals surface area contributed by atoms with Crippen LogP contribution in [0.1, 0.15) is 12.5 Å². The lowest BCUT2D eigenvalue weighted by molar-refractivity contribution is -0.131. The number of anilines is 1. The average Bonchev–Trinajstić information content (AvgIpc) is 2.36. The Balaban J connectivity index is 2.31. The number of nitrogens with zero attached hydrogens (tertiary/aromatic N) is 2. The number of hydrogen-bond donors (Lipinski definition) is 1. The fourth-order valence-corrected chi connectivity index (χ4v) is 3.81. The summed E-state index contributed by atoms with van der Waals surface area (Å²) in [4.78, 5) is 16.8. The molecule has 0 aliphatic carbocycles. The van der Waals surface area contributed by atoms with E-state index in [1.165, 1.54) is 6.08 Å². The Morgan fingerprint density at radius 2 is 2.30 bits per heavy atom. The van der Waals surface area contributed by atoms with Crippen LogP contribution in [-0.2, 0) is 14.6 Å². The number of carbonyl (C=O) groups is 1. The van der Waals surface area contributed by atoms with E-state index in [2.05, 4.69) is 4.98 Å². The molecule has 1 N–H and O–H groups in total. The molecular weight excluding hydrogens is 280 g/mol. The SMILES string of the molecule is CC1CS(=O)(=O)CCN1c1ncccc1/C=C/C(=O)O. The summed E-state index contributed by atoms with van der Waals surface area (Å²) in [6, 6.07) is 3.30. The molecule has 0 bridgehead atoms. The fourth-order valence-electron chi connectivity index (χ4n) is 2.25. The third-order valence-electron chi connectivity index (χ3n) is 3.16. The summed E-state index contributed by atoms with van der Waals surface area (Å²) in [5.41, 5.74) is 0.668. The number of carboxylic acid groups (broad SMARTS) is 1. The van der Waals surface area contributed by atoms with Gasteiger partial charge in [0.1, 0.15) is 5.82 Å². The largest absolute Gasteiger partial charge is 0.478 e. The zero-order valence-electron chi connectivity index (χ0n) is 11.1. The molecule has 1 aliphatic rings. The standard InChI is InChI=1S/C13H16N2O4S/c1-10-9-20(18,19)8-7-15(10)13-11(3-2-6-14-13)4-5-12(16)17/h2-6,10H,7-9H2,1H3,(H,16,17)/b5-4+. The molecule has 1 aliphatic heterocycles. The third-order valence-corrected chi connectivity index (χ3v) is 4.96. The maximum atomic E-state index is 11.6. The second-order valence-corrected chi connectivity index (χ2v) is 6.97. The van der Waals surface area contributed by atoms with Gasteiger partial charge in [0.15, 0.2) is 9.84 Å². The molecule has 6 nitrogen and oxygen atoms in total. The first-order valence-corrected chi connectivity index (χ1v) is 8.04. The minimum Gasteiger partial charge on any atom is -0.478 e. The number of aromatic nitrogens is 1. The summed E-state index contributed by atoms with van der Waals surface area (Å²) in [6.07, 6.45) is 4.13. The molecule has 1 unspecified atom stereocenters. The lowest BCUT2D eigenvalue weighted by Crippen LogP contribution is -2.47. The maximum Gasteiger partial charge on any atom is 0.328 e. The van der Waals surface area contributed by atoms with Crippen LogP contribution in [0.3, 0.4) is 0 Å². The molecule has 0 amide bonds. The quantitative estimate of drug-likeness (QED) is 0.830. The fraction of sp³-hybridized carbons (Fsp3) is 0.385. The van der Waals surface area contributed by atoms with Crippen molar-refractivity contribution in [3.05, 3.63) is 30.0 Å². The van der Waals surface area contributed by atoms with E-state index in [1.807, 2.05) is 11.8 Å². The molecule has 20 heavy (non-hydrogen) atoms. The molecule has 1 aromatic heterocycles. The molecular formula is C13H16N2O4S. The van der Waals surface area contributed by atoms with E-state index in [0.717, 1.165) is 6.08 Å². The van der Waals surface area contributed by atoms with E-state index >= 15 is 0 Å². The van der Waals surface area contributed by atoms with Gasteiger partial charge < -0.3 is 10.0 Å². The summed E-state index contributed by atoms with van der Waals surface area (Å²) in [5, 5.41) is 8.70. The minimum absolute atomic E-state index is 0.0889. The highest BCUT2D eigenvalue weighted by Crippen LogP contribution is 2.24. The van der Waals surface area contributed by atoms with Gasteiger partial charge in [0.2, 0.25) is 0 Å². The second-order valence-electron chi connectivity index (χ2n) is 4.74. The van der Waals surface area contributed by atoms with E-state index in [-0.39, 0.29) is 17.5 Å². The smallest absolute Gasteiger partial charge is 0.328 e. The van der Waals surface area contributed by atoms with Crippen molar-refractivity contribution in [2.45, 2.75) is 13.0 Å². The number of carboxylic acids is 1. The molecule has 0 spiro atoms. The van der Waals surface area contributed by atoms with Crippen molar-refractivity contribution in [1.29, 1.82) is 0 Å². The van der Waals surface area contributed by atoms with E-state index in [1.54, 1.807) is 18.3 Å². The van der Waals surface area contributed by atoms with Gasteiger partial charge in [-0.1, -0.05) is 0 Å². The van der Waals surface area contributed by atoms with Crippen molar-refractivity contribution in [2.24, 2.45) is 0 Å². The highest BCUT2D eigenvalue weighted by atomic mass is 32.2. The monoisotopic (exact) mass is 296 g/mol. The summed E-state index contributed by atoms with van der Waals surface area (Å²) < 4.78 is 23.2. The number of rotatable bonds is 3. The van der Waals surface area contributed by atoms with Crippen LogP contribution in [0.25, 0.3) is 6.08 Å². The molecule has 0 saturated carbocycles. The van der Waals surface area contributed by atoms with Crippen LogP contribution in [0, 0.1) is 0 Å². The average molecular weight is 296 g/mol. The van der Waals surface area contributed by atoms with Gasteiger partial charge >= 0.3 is 5.97 Å². The molecule has 2 rings (SSSR count). The Kier molecular flexibility index (Phi) is 4.08. The normalized spacial score (nSPS) is 22.1. The summed E-state index contributed by atoms with van der Waals surface area (Å²) in [5.74, 6) is -0.233. The number of aliphatic carboxylic acids is 1.